The van der Waals surface area contributed by atoms with Crippen LogP contribution in [0.4, 0.5) is 0 Å². The summed E-state index contributed by atoms with van der Waals surface area (Å²) in [6.07, 6.45) is 0.394. The van der Waals surface area contributed by atoms with E-state index in [0.717, 1.165) is 15.2 Å². The smallest absolute Gasteiger partial charge is 0.381 e. The molecule has 1 aromatic heterocycles. The highest BCUT2D eigenvalue weighted by Gasteiger charge is 2.00. The molecule has 0 aliphatic carbocycles. The van der Waals surface area contributed by atoms with E-state index in [0.29, 0.717) is 6.42 Å². The minimum absolute atomic E-state index is 0.394. The molecule has 0 bridgehead atoms. The lowest BCUT2D eigenvalue weighted by molar-refractivity contribution is -0.130. The zero-order valence-electron chi connectivity index (χ0n) is 7.73. The average molecular weight is 217 g/mol. The largest absolute Gasteiger partial charge is 0.472 e. The van der Waals surface area contributed by atoms with Crippen molar-refractivity contribution in [3.63, 3.8) is 0 Å². The van der Waals surface area contributed by atoms with Crippen LogP contribution in [0.3, 0.4) is 0 Å². The molecule has 0 saturated carbocycles. The van der Waals surface area contributed by atoms with Gasteiger partial charge < -0.3 is 5.11 Å². The van der Waals surface area contributed by atoms with Crippen LogP contribution in [-0.4, -0.2) is 16.1 Å². The molecule has 1 aromatic carbocycles. The molecule has 3 nitrogen and oxygen atoms in total. The van der Waals surface area contributed by atoms with Crippen molar-refractivity contribution in [1.29, 1.82) is 0 Å². The lowest BCUT2D eigenvalue weighted by Gasteiger charge is -1.81. The molecule has 0 aliphatic heterocycles. The molecule has 2 rings (SSSR count). The van der Waals surface area contributed by atoms with Crippen LogP contribution >= 0.6 is 11.3 Å². The topological polar surface area (TPSA) is 50.2 Å². The van der Waals surface area contributed by atoms with Gasteiger partial charge in [0.25, 0.3) is 0 Å². The average Bonchev–Trinajstić information content (AvgIpc) is 2.59. The lowest BCUT2D eigenvalue weighted by atomic mass is 10.3. The molecule has 0 spiro atoms. The summed E-state index contributed by atoms with van der Waals surface area (Å²) in [4.78, 5) is 14.5. The van der Waals surface area contributed by atoms with E-state index in [1.807, 2.05) is 24.3 Å². The van der Waals surface area contributed by atoms with Crippen molar-refractivity contribution in [1.82, 2.24) is 4.98 Å². The van der Waals surface area contributed by atoms with Crippen molar-refractivity contribution in [2.24, 2.45) is 0 Å². The minimum atomic E-state index is -1.10. The third kappa shape index (κ3) is 2.33. The van der Waals surface area contributed by atoms with Crippen molar-refractivity contribution in [2.45, 2.75) is 6.42 Å². The van der Waals surface area contributed by atoms with E-state index in [1.165, 1.54) is 0 Å². The van der Waals surface area contributed by atoms with E-state index in [2.05, 4.69) is 16.8 Å². The van der Waals surface area contributed by atoms with Gasteiger partial charge in [-0.25, -0.2) is 9.78 Å². The van der Waals surface area contributed by atoms with Gasteiger partial charge in [-0.05, 0) is 12.1 Å². The first-order valence-corrected chi connectivity index (χ1v) is 5.13. The van der Waals surface area contributed by atoms with Crippen LogP contribution in [0.1, 0.15) is 5.01 Å². The SMILES string of the molecule is O=C(O)C#CCc1nc2ccccc2s1. The monoisotopic (exact) mass is 217 g/mol. The second-order valence-electron chi connectivity index (χ2n) is 2.86. The fourth-order valence-corrected chi connectivity index (χ4v) is 2.10. The first kappa shape index (κ1) is 9.69. The molecule has 1 N–H and O–H groups in total. The van der Waals surface area contributed by atoms with E-state index in [4.69, 9.17) is 5.11 Å². The van der Waals surface area contributed by atoms with Gasteiger partial charge in [-0.15, -0.1) is 11.3 Å². The zero-order valence-corrected chi connectivity index (χ0v) is 8.54. The van der Waals surface area contributed by atoms with Crippen LogP contribution in [-0.2, 0) is 11.2 Å². The first-order chi connectivity index (χ1) is 7.25. The normalized spacial score (nSPS) is 9.60. The highest BCUT2D eigenvalue weighted by atomic mass is 32.1. The molecule has 1 heterocycles. The fourth-order valence-electron chi connectivity index (χ4n) is 1.19. The molecule has 0 unspecified atom stereocenters. The van der Waals surface area contributed by atoms with E-state index in [9.17, 15) is 4.79 Å². The number of para-hydroxylation sites is 1. The number of nitrogens with zero attached hydrogens (tertiary/aromatic N) is 1. The minimum Gasteiger partial charge on any atom is -0.472 e. The van der Waals surface area contributed by atoms with E-state index in [1.54, 1.807) is 11.3 Å². The highest BCUT2D eigenvalue weighted by Crippen LogP contribution is 2.21. The molecule has 0 radical (unpaired) electrons. The van der Waals surface area contributed by atoms with Crippen LogP contribution in [0.15, 0.2) is 24.3 Å². The number of hydrogen-bond acceptors (Lipinski definition) is 3. The number of thiazole rings is 1. The number of carbonyl (C=O) groups is 1. The van der Waals surface area contributed by atoms with E-state index >= 15 is 0 Å². The highest BCUT2D eigenvalue weighted by molar-refractivity contribution is 7.18. The molecular formula is C11H7NO2S. The Morgan fingerprint density at radius 1 is 1.47 bits per heavy atom. The molecule has 0 atom stereocenters. The van der Waals surface area contributed by atoms with Gasteiger partial charge in [-0.1, -0.05) is 18.1 Å². The van der Waals surface area contributed by atoms with Gasteiger partial charge in [0.05, 0.1) is 16.6 Å². The van der Waals surface area contributed by atoms with Gasteiger partial charge >= 0.3 is 5.97 Å². The summed E-state index contributed by atoms with van der Waals surface area (Å²) < 4.78 is 1.10. The lowest BCUT2D eigenvalue weighted by Crippen LogP contribution is -1.87. The molecule has 2 aromatic rings. The summed E-state index contributed by atoms with van der Waals surface area (Å²) in [5.41, 5.74) is 0.939. The van der Waals surface area contributed by atoms with Crippen LogP contribution in [0, 0.1) is 11.8 Å². The summed E-state index contributed by atoms with van der Waals surface area (Å²) >= 11 is 1.54. The van der Waals surface area contributed by atoms with Crippen LogP contribution in [0.2, 0.25) is 0 Å². The molecule has 15 heavy (non-hydrogen) atoms. The van der Waals surface area contributed by atoms with E-state index < -0.39 is 5.97 Å². The maximum atomic E-state index is 10.2. The Labute approximate surface area is 90.4 Å². The summed E-state index contributed by atoms with van der Waals surface area (Å²) in [5, 5.41) is 9.19. The number of benzene rings is 1. The Morgan fingerprint density at radius 3 is 3.00 bits per heavy atom. The Balaban J connectivity index is 2.24. The van der Waals surface area contributed by atoms with Crippen molar-refractivity contribution in [2.75, 3.05) is 0 Å². The quantitative estimate of drug-likeness (QED) is 0.742. The predicted octanol–water partition coefficient (Wildman–Crippen LogP) is 1.93. The summed E-state index contributed by atoms with van der Waals surface area (Å²) in [6.45, 7) is 0. The number of hydrogen-bond donors (Lipinski definition) is 1. The number of aliphatic carboxylic acids is 1. The number of aromatic nitrogens is 1. The fraction of sp³-hybridized carbons (Fsp3) is 0.0909. The maximum Gasteiger partial charge on any atom is 0.381 e. The molecule has 0 aliphatic rings. The summed E-state index contributed by atoms with van der Waals surface area (Å²) in [7, 11) is 0. The van der Waals surface area contributed by atoms with Crippen LogP contribution in [0.25, 0.3) is 10.2 Å². The van der Waals surface area contributed by atoms with Gasteiger partial charge in [0.1, 0.15) is 5.01 Å². The molecule has 0 fully saturated rings. The second kappa shape index (κ2) is 4.11. The Hall–Kier alpha value is -1.86. The van der Waals surface area contributed by atoms with Crippen molar-refractivity contribution < 1.29 is 9.90 Å². The Kier molecular flexibility index (Phi) is 2.66. The molecule has 4 heteroatoms. The number of rotatable bonds is 1. The summed E-state index contributed by atoms with van der Waals surface area (Å²) in [6, 6.07) is 7.79. The summed E-state index contributed by atoms with van der Waals surface area (Å²) in [5.74, 6) is 3.53. The number of carboxylic acid groups (broad SMARTS) is 1. The second-order valence-corrected chi connectivity index (χ2v) is 3.97. The van der Waals surface area contributed by atoms with Crippen LogP contribution < -0.4 is 0 Å². The standard InChI is InChI=1S/C11H7NO2S/c13-11(14)7-3-6-10-12-8-4-1-2-5-9(8)15-10/h1-2,4-5H,6H2,(H,13,14). The third-order valence-corrected chi connectivity index (χ3v) is 2.81. The van der Waals surface area contributed by atoms with E-state index in [-0.39, 0.29) is 0 Å². The molecule has 74 valence electrons. The van der Waals surface area contributed by atoms with Crippen molar-refractivity contribution >= 4 is 27.5 Å². The zero-order chi connectivity index (χ0) is 10.7. The molecule has 0 amide bonds. The Bertz CT molecular complexity index is 529. The van der Waals surface area contributed by atoms with Crippen LogP contribution in [0.5, 0.6) is 0 Å². The van der Waals surface area contributed by atoms with Gasteiger partial charge in [0, 0.05) is 5.92 Å². The van der Waals surface area contributed by atoms with Gasteiger partial charge in [-0.3, -0.25) is 0 Å². The van der Waals surface area contributed by atoms with Gasteiger partial charge in [0.2, 0.25) is 0 Å². The number of fused-ring (bicyclic) bond motifs is 1. The third-order valence-electron chi connectivity index (χ3n) is 1.77. The first-order valence-electron chi connectivity index (χ1n) is 4.32. The maximum absolute atomic E-state index is 10.2. The molecule has 0 saturated heterocycles. The number of carboxylic acids is 1. The van der Waals surface area contributed by atoms with Crippen molar-refractivity contribution in [3.05, 3.63) is 29.3 Å². The predicted molar refractivity (Wildman–Crippen MR) is 58.7 cm³/mol. The van der Waals surface area contributed by atoms with Gasteiger partial charge in [-0.2, -0.15) is 0 Å². The Morgan fingerprint density at radius 2 is 2.27 bits per heavy atom. The van der Waals surface area contributed by atoms with Crippen molar-refractivity contribution in [3.8, 4) is 11.8 Å². The van der Waals surface area contributed by atoms with Gasteiger partial charge in [0.15, 0.2) is 0 Å². The molecular weight excluding hydrogens is 210 g/mol.